The van der Waals surface area contributed by atoms with Crippen molar-refractivity contribution in [1.82, 2.24) is 4.90 Å². The lowest BCUT2D eigenvalue weighted by Gasteiger charge is -2.37. The number of rotatable bonds is 4. The van der Waals surface area contributed by atoms with E-state index in [9.17, 15) is 9.59 Å². The Balaban J connectivity index is 1.50. The number of hydrogen-bond donors (Lipinski definition) is 1. The normalized spacial score (nSPS) is 18.6. The van der Waals surface area contributed by atoms with E-state index in [1.54, 1.807) is 24.3 Å². The molecule has 0 aliphatic carbocycles. The fourth-order valence-electron chi connectivity index (χ4n) is 3.69. The summed E-state index contributed by atoms with van der Waals surface area (Å²) in [7, 11) is 0. The topological polar surface area (TPSA) is 58.6 Å². The average molecular weight is 455 g/mol. The minimum atomic E-state index is -0.296. The molecule has 3 aromatic rings. The number of thiophene rings is 1. The number of halogens is 1. The first-order valence-electron chi connectivity index (χ1n) is 10.1. The van der Waals surface area contributed by atoms with Crippen LogP contribution in [0.15, 0.2) is 60.7 Å². The Bertz CT molecular complexity index is 1100. The molecule has 1 N–H and O–H groups in total. The summed E-state index contributed by atoms with van der Waals surface area (Å²) in [4.78, 5) is 28.3. The summed E-state index contributed by atoms with van der Waals surface area (Å²) in [6, 6.07) is 18.7. The molecular weight excluding hydrogens is 432 g/mol. The van der Waals surface area contributed by atoms with Crippen LogP contribution < -0.4 is 5.32 Å². The molecule has 1 aliphatic rings. The van der Waals surface area contributed by atoms with Gasteiger partial charge in [0.25, 0.3) is 11.8 Å². The monoisotopic (exact) mass is 454 g/mol. The average Bonchev–Trinajstić information content (AvgIpc) is 3.13. The number of hydrogen-bond acceptors (Lipinski definition) is 4. The van der Waals surface area contributed by atoms with E-state index < -0.39 is 0 Å². The number of benzene rings is 2. The third-order valence-electron chi connectivity index (χ3n) is 5.19. The van der Waals surface area contributed by atoms with Crippen LogP contribution in [0, 0.1) is 6.92 Å². The molecule has 7 heteroatoms. The molecule has 1 aromatic heterocycles. The van der Waals surface area contributed by atoms with E-state index in [4.69, 9.17) is 16.3 Å². The second-order valence-corrected chi connectivity index (χ2v) is 9.07. The Morgan fingerprint density at radius 3 is 2.55 bits per heavy atom. The minimum absolute atomic E-state index is 0.0446. The standard InChI is InChI=1S/C24H23ClN2O3S/c1-15-12-21(26-23(28)18-10-6-7-11-19(18)25)31-22(15)24(29)27-13-16(2)30-20(14-27)17-8-4-3-5-9-17/h3-12,16,20H,13-14H2,1-2H3,(H,26,28). The lowest BCUT2D eigenvalue weighted by Crippen LogP contribution is -2.45. The first-order valence-corrected chi connectivity index (χ1v) is 11.3. The van der Waals surface area contributed by atoms with Crippen molar-refractivity contribution < 1.29 is 14.3 Å². The smallest absolute Gasteiger partial charge is 0.264 e. The molecule has 2 amide bonds. The van der Waals surface area contributed by atoms with Gasteiger partial charge < -0.3 is 15.0 Å². The summed E-state index contributed by atoms with van der Waals surface area (Å²) in [5.41, 5.74) is 2.29. The van der Waals surface area contributed by atoms with Crippen molar-refractivity contribution in [2.45, 2.75) is 26.1 Å². The number of aryl methyl sites for hydroxylation is 1. The highest BCUT2D eigenvalue weighted by Gasteiger charge is 2.31. The number of nitrogens with zero attached hydrogens (tertiary/aromatic N) is 1. The zero-order valence-electron chi connectivity index (χ0n) is 17.3. The fraction of sp³-hybridized carbons (Fsp3) is 0.250. The highest BCUT2D eigenvalue weighted by Crippen LogP contribution is 2.31. The van der Waals surface area contributed by atoms with E-state index in [0.717, 1.165) is 11.1 Å². The van der Waals surface area contributed by atoms with Gasteiger partial charge in [0.15, 0.2) is 0 Å². The van der Waals surface area contributed by atoms with Crippen LogP contribution in [-0.2, 0) is 4.74 Å². The Labute approximate surface area is 190 Å². The molecule has 2 atom stereocenters. The van der Waals surface area contributed by atoms with E-state index in [-0.39, 0.29) is 24.0 Å². The predicted octanol–water partition coefficient (Wildman–Crippen LogP) is 5.56. The van der Waals surface area contributed by atoms with Crippen molar-refractivity contribution in [3.05, 3.63) is 87.3 Å². The first kappa shape index (κ1) is 21.6. The van der Waals surface area contributed by atoms with Gasteiger partial charge in [0.05, 0.1) is 33.1 Å². The Morgan fingerprint density at radius 2 is 1.81 bits per heavy atom. The second kappa shape index (κ2) is 9.22. The second-order valence-electron chi connectivity index (χ2n) is 7.61. The molecule has 5 nitrogen and oxygen atoms in total. The summed E-state index contributed by atoms with van der Waals surface area (Å²) in [6.07, 6.45) is -0.226. The molecule has 2 aromatic carbocycles. The van der Waals surface area contributed by atoms with Gasteiger partial charge in [-0.05, 0) is 43.2 Å². The number of anilines is 1. The van der Waals surface area contributed by atoms with E-state index in [1.807, 2.05) is 55.1 Å². The van der Waals surface area contributed by atoms with Crippen LogP contribution in [0.3, 0.4) is 0 Å². The lowest BCUT2D eigenvalue weighted by molar-refractivity contribution is -0.0690. The number of nitrogens with one attached hydrogen (secondary N) is 1. The van der Waals surface area contributed by atoms with E-state index in [2.05, 4.69) is 5.32 Å². The molecule has 2 unspecified atom stereocenters. The first-order chi connectivity index (χ1) is 14.9. The van der Waals surface area contributed by atoms with Gasteiger partial charge in [-0.3, -0.25) is 9.59 Å². The van der Waals surface area contributed by atoms with E-state index >= 15 is 0 Å². The molecule has 0 bridgehead atoms. The summed E-state index contributed by atoms with van der Waals surface area (Å²) in [6.45, 7) is 4.88. The van der Waals surface area contributed by atoms with Crippen molar-refractivity contribution >= 4 is 39.8 Å². The third kappa shape index (κ3) is 4.82. The van der Waals surface area contributed by atoms with E-state index in [0.29, 0.717) is 33.6 Å². The van der Waals surface area contributed by atoms with Gasteiger partial charge in [0.1, 0.15) is 6.10 Å². The van der Waals surface area contributed by atoms with E-state index in [1.165, 1.54) is 11.3 Å². The van der Waals surface area contributed by atoms with Crippen LogP contribution in [0.4, 0.5) is 5.00 Å². The molecule has 0 saturated carbocycles. The maximum absolute atomic E-state index is 13.3. The minimum Gasteiger partial charge on any atom is -0.367 e. The van der Waals surface area contributed by atoms with Gasteiger partial charge in [0.2, 0.25) is 0 Å². The van der Waals surface area contributed by atoms with Crippen LogP contribution >= 0.6 is 22.9 Å². The molecule has 0 spiro atoms. The van der Waals surface area contributed by atoms with Crippen molar-refractivity contribution in [2.24, 2.45) is 0 Å². The SMILES string of the molecule is Cc1cc(NC(=O)c2ccccc2Cl)sc1C(=O)N1CC(C)OC(c2ccccc2)C1. The van der Waals surface area contributed by atoms with Gasteiger partial charge in [-0.2, -0.15) is 0 Å². The molecule has 160 valence electrons. The summed E-state index contributed by atoms with van der Waals surface area (Å²) < 4.78 is 6.08. The van der Waals surface area contributed by atoms with Gasteiger partial charge >= 0.3 is 0 Å². The maximum atomic E-state index is 13.3. The largest absolute Gasteiger partial charge is 0.367 e. The van der Waals surface area contributed by atoms with Crippen LogP contribution in [0.2, 0.25) is 5.02 Å². The zero-order valence-corrected chi connectivity index (χ0v) is 18.9. The molecule has 4 rings (SSSR count). The number of amides is 2. The quantitative estimate of drug-likeness (QED) is 0.561. The van der Waals surface area contributed by atoms with Gasteiger partial charge in [0, 0.05) is 6.54 Å². The Hall–Kier alpha value is -2.67. The number of ether oxygens (including phenoxy) is 1. The summed E-state index contributed by atoms with van der Waals surface area (Å²) in [5.74, 6) is -0.341. The van der Waals surface area contributed by atoms with Crippen LogP contribution in [0.1, 0.15) is 44.2 Å². The highest BCUT2D eigenvalue weighted by atomic mass is 35.5. The van der Waals surface area contributed by atoms with Crippen LogP contribution in [-0.4, -0.2) is 35.9 Å². The lowest BCUT2D eigenvalue weighted by atomic mass is 10.1. The third-order valence-corrected chi connectivity index (χ3v) is 6.66. The Morgan fingerprint density at radius 1 is 1.10 bits per heavy atom. The van der Waals surface area contributed by atoms with Crippen molar-refractivity contribution in [1.29, 1.82) is 0 Å². The molecule has 31 heavy (non-hydrogen) atoms. The van der Waals surface area contributed by atoms with Gasteiger partial charge in [-0.1, -0.05) is 54.1 Å². The predicted molar refractivity (Wildman–Crippen MR) is 124 cm³/mol. The number of carbonyl (C=O) groups excluding carboxylic acids is 2. The zero-order chi connectivity index (χ0) is 22.0. The molecule has 1 fully saturated rings. The van der Waals surface area contributed by atoms with Crippen LogP contribution in [0.5, 0.6) is 0 Å². The highest BCUT2D eigenvalue weighted by molar-refractivity contribution is 7.18. The summed E-state index contributed by atoms with van der Waals surface area (Å²) in [5, 5.41) is 3.87. The number of carbonyl (C=O) groups is 2. The van der Waals surface area contributed by atoms with Crippen molar-refractivity contribution in [3.8, 4) is 0 Å². The molecular formula is C24H23ClN2O3S. The molecule has 0 radical (unpaired) electrons. The van der Waals surface area contributed by atoms with Gasteiger partial charge in [-0.25, -0.2) is 0 Å². The van der Waals surface area contributed by atoms with Crippen LogP contribution in [0.25, 0.3) is 0 Å². The Kier molecular flexibility index (Phi) is 6.41. The molecule has 2 heterocycles. The fourth-order valence-corrected chi connectivity index (χ4v) is 4.95. The maximum Gasteiger partial charge on any atom is 0.264 e. The molecule has 1 saturated heterocycles. The number of morpholine rings is 1. The molecule has 1 aliphatic heterocycles. The van der Waals surface area contributed by atoms with Crippen molar-refractivity contribution in [2.75, 3.05) is 18.4 Å². The van der Waals surface area contributed by atoms with Gasteiger partial charge in [-0.15, -0.1) is 11.3 Å². The van der Waals surface area contributed by atoms with Crippen molar-refractivity contribution in [3.63, 3.8) is 0 Å². The summed E-state index contributed by atoms with van der Waals surface area (Å²) >= 11 is 7.40.